The lowest BCUT2D eigenvalue weighted by Gasteiger charge is -2.21. The Bertz CT molecular complexity index is 1680. The van der Waals surface area contributed by atoms with E-state index >= 15 is 0 Å². The van der Waals surface area contributed by atoms with E-state index in [2.05, 4.69) is 10.3 Å². The standard InChI is InChI=1S/C28H22Cl2FN7O2/c29-19-7-9-24(38(34)15-26(30)33)21(11-19)23-13-27(39)37(16-35-23)25(10-17-4-2-1-3-5-17)28(40)36-20-8-6-18(14-32)22(31)12-20/h1-9,11-13,15-16,25H,10,33-34H2,(H,36,40)/b26-15-. The van der Waals surface area contributed by atoms with Crippen LogP contribution in [0, 0.1) is 17.1 Å². The van der Waals surface area contributed by atoms with Crippen molar-refractivity contribution in [3.8, 4) is 17.3 Å². The molecule has 202 valence electrons. The first-order valence-electron chi connectivity index (χ1n) is 11.8. The molecular formula is C28H22Cl2FN7O2. The number of nitriles is 1. The number of nitrogens with zero attached hydrogens (tertiary/aromatic N) is 4. The van der Waals surface area contributed by atoms with E-state index in [-0.39, 0.29) is 28.5 Å². The van der Waals surface area contributed by atoms with Crippen LogP contribution in [-0.2, 0) is 11.2 Å². The van der Waals surface area contributed by atoms with Crippen LogP contribution < -0.4 is 27.5 Å². The molecule has 1 atom stereocenters. The summed E-state index contributed by atoms with van der Waals surface area (Å²) >= 11 is 12.0. The molecule has 0 aliphatic rings. The fourth-order valence-corrected chi connectivity index (χ4v) is 4.27. The van der Waals surface area contributed by atoms with Crippen molar-refractivity contribution in [3.63, 3.8) is 0 Å². The largest absolute Gasteiger partial charge is 0.388 e. The van der Waals surface area contributed by atoms with Crippen molar-refractivity contribution < 1.29 is 9.18 Å². The highest BCUT2D eigenvalue weighted by Crippen LogP contribution is 2.31. The number of benzene rings is 3. The van der Waals surface area contributed by atoms with Crippen molar-refractivity contribution in [1.29, 1.82) is 5.26 Å². The minimum Gasteiger partial charge on any atom is -0.388 e. The molecule has 1 amide bonds. The van der Waals surface area contributed by atoms with E-state index in [1.807, 2.05) is 30.3 Å². The second-order valence-electron chi connectivity index (χ2n) is 8.60. The number of rotatable bonds is 8. The summed E-state index contributed by atoms with van der Waals surface area (Å²) in [6.07, 6.45) is 2.67. The molecule has 9 nitrogen and oxygen atoms in total. The lowest BCUT2D eigenvalue weighted by molar-refractivity contribution is -0.119. The summed E-state index contributed by atoms with van der Waals surface area (Å²) in [6, 6.07) is 19.5. The highest BCUT2D eigenvalue weighted by molar-refractivity contribution is 6.31. The lowest BCUT2D eigenvalue weighted by atomic mass is 10.0. The van der Waals surface area contributed by atoms with Gasteiger partial charge in [-0.1, -0.05) is 53.5 Å². The fraction of sp³-hybridized carbons (Fsp3) is 0.0714. The zero-order valence-corrected chi connectivity index (χ0v) is 22.3. The van der Waals surface area contributed by atoms with Gasteiger partial charge in [0.1, 0.15) is 23.1 Å². The summed E-state index contributed by atoms with van der Waals surface area (Å²) in [5, 5.41) is 13.1. The van der Waals surface area contributed by atoms with Gasteiger partial charge in [-0.15, -0.1) is 0 Å². The van der Waals surface area contributed by atoms with Gasteiger partial charge in [0.25, 0.3) is 5.56 Å². The van der Waals surface area contributed by atoms with Crippen LogP contribution in [0.15, 0.2) is 95.3 Å². The Hall–Kier alpha value is -4.69. The van der Waals surface area contributed by atoms with Crippen molar-refractivity contribution in [3.05, 3.63) is 123 Å². The quantitative estimate of drug-likeness (QED) is 0.157. The molecule has 0 spiro atoms. The van der Waals surface area contributed by atoms with Crippen LogP contribution in [0.5, 0.6) is 0 Å². The maximum Gasteiger partial charge on any atom is 0.254 e. The van der Waals surface area contributed by atoms with Crippen molar-refractivity contribution >= 4 is 40.5 Å². The third-order valence-electron chi connectivity index (χ3n) is 5.88. The van der Waals surface area contributed by atoms with Gasteiger partial charge in [0.15, 0.2) is 0 Å². The van der Waals surface area contributed by atoms with Crippen molar-refractivity contribution in [1.82, 2.24) is 9.55 Å². The number of amides is 1. The van der Waals surface area contributed by atoms with Crippen LogP contribution in [0.2, 0.25) is 5.02 Å². The third kappa shape index (κ3) is 6.65. The molecule has 0 saturated carbocycles. The van der Waals surface area contributed by atoms with Gasteiger partial charge in [-0.05, 0) is 42.0 Å². The number of hydrogen-bond acceptors (Lipinski definition) is 7. The van der Waals surface area contributed by atoms with Gasteiger partial charge in [-0.3, -0.25) is 19.2 Å². The molecule has 1 heterocycles. The summed E-state index contributed by atoms with van der Waals surface area (Å²) in [5.74, 6) is 4.71. The van der Waals surface area contributed by atoms with Crippen molar-refractivity contribution in [2.45, 2.75) is 12.5 Å². The van der Waals surface area contributed by atoms with Gasteiger partial charge in [-0.25, -0.2) is 15.2 Å². The zero-order valence-electron chi connectivity index (χ0n) is 20.8. The molecule has 1 unspecified atom stereocenters. The van der Waals surface area contributed by atoms with Gasteiger partial charge >= 0.3 is 0 Å². The smallest absolute Gasteiger partial charge is 0.254 e. The van der Waals surface area contributed by atoms with E-state index in [1.165, 1.54) is 40.3 Å². The second-order valence-corrected chi connectivity index (χ2v) is 9.48. The molecule has 0 aliphatic carbocycles. The first kappa shape index (κ1) is 28.3. The predicted octanol–water partition coefficient (Wildman–Crippen LogP) is 4.67. The second kappa shape index (κ2) is 12.4. The molecule has 0 saturated heterocycles. The average Bonchev–Trinajstić information content (AvgIpc) is 2.92. The Morgan fingerprint density at radius 3 is 2.58 bits per heavy atom. The number of anilines is 2. The normalized spacial score (nSPS) is 11.9. The average molecular weight is 578 g/mol. The van der Waals surface area contributed by atoms with Crippen LogP contribution in [0.3, 0.4) is 0 Å². The first-order chi connectivity index (χ1) is 19.2. The van der Waals surface area contributed by atoms with Crippen molar-refractivity contribution in [2.24, 2.45) is 11.6 Å². The highest BCUT2D eigenvalue weighted by atomic mass is 35.5. The SMILES string of the molecule is N#Cc1ccc(NC(=O)C(Cc2ccccc2)n2cnc(-c3cc(Cl)ccc3N(N)/C=C(\N)Cl)cc2=O)cc1F. The lowest BCUT2D eigenvalue weighted by Crippen LogP contribution is -2.34. The molecule has 4 aromatic rings. The summed E-state index contributed by atoms with van der Waals surface area (Å²) in [5.41, 5.74) is 6.84. The van der Waals surface area contributed by atoms with E-state index in [1.54, 1.807) is 24.3 Å². The highest BCUT2D eigenvalue weighted by Gasteiger charge is 2.24. The predicted molar refractivity (Wildman–Crippen MR) is 153 cm³/mol. The molecule has 0 radical (unpaired) electrons. The molecule has 4 rings (SSSR count). The number of nitrogens with two attached hydrogens (primary N) is 2. The number of carbonyl (C=O) groups is 1. The van der Waals surface area contributed by atoms with Crippen LogP contribution in [0.4, 0.5) is 15.8 Å². The molecule has 0 fully saturated rings. The summed E-state index contributed by atoms with van der Waals surface area (Å²) in [7, 11) is 0. The molecule has 0 aliphatic heterocycles. The molecular weight excluding hydrogens is 556 g/mol. The number of carbonyl (C=O) groups excluding carboxylic acids is 1. The third-order valence-corrected chi connectivity index (χ3v) is 6.21. The van der Waals surface area contributed by atoms with Crippen LogP contribution in [-0.4, -0.2) is 15.5 Å². The summed E-state index contributed by atoms with van der Waals surface area (Å²) in [6.45, 7) is 0. The van der Waals surface area contributed by atoms with Gasteiger partial charge in [-0.2, -0.15) is 5.26 Å². The number of nitrogens with one attached hydrogen (secondary N) is 1. The molecule has 1 aromatic heterocycles. The fourth-order valence-electron chi connectivity index (χ4n) is 4.00. The molecule has 0 bridgehead atoms. The zero-order chi connectivity index (χ0) is 28.8. The van der Waals surface area contributed by atoms with E-state index < -0.39 is 23.3 Å². The maximum absolute atomic E-state index is 14.2. The van der Waals surface area contributed by atoms with E-state index in [4.69, 9.17) is 40.0 Å². The van der Waals surface area contributed by atoms with Crippen LogP contribution in [0.1, 0.15) is 17.2 Å². The minimum absolute atomic E-state index is 0.0660. The summed E-state index contributed by atoms with van der Waals surface area (Å²) < 4.78 is 15.3. The van der Waals surface area contributed by atoms with Crippen LogP contribution >= 0.6 is 23.2 Å². The Labute approximate surface area is 238 Å². The maximum atomic E-state index is 14.2. The number of halogens is 3. The molecule has 40 heavy (non-hydrogen) atoms. The van der Waals surface area contributed by atoms with Gasteiger partial charge in [0.05, 0.1) is 29.5 Å². The van der Waals surface area contributed by atoms with Crippen LogP contribution in [0.25, 0.3) is 11.3 Å². The first-order valence-corrected chi connectivity index (χ1v) is 12.5. The Morgan fingerprint density at radius 1 is 1.18 bits per heavy atom. The number of aromatic nitrogens is 2. The Kier molecular flexibility index (Phi) is 8.81. The Balaban J connectivity index is 1.73. The van der Waals surface area contributed by atoms with Gasteiger partial charge in [0.2, 0.25) is 5.91 Å². The number of hydrogen-bond donors (Lipinski definition) is 3. The molecule has 12 heteroatoms. The molecule has 3 aromatic carbocycles. The number of hydrazine groups is 1. The topological polar surface area (TPSA) is 143 Å². The van der Waals surface area contributed by atoms with Crippen molar-refractivity contribution in [2.75, 3.05) is 10.3 Å². The van der Waals surface area contributed by atoms with Gasteiger partial charge in [0, 0.05) is 28.8 Å². The summed E-state index contributed by atoms with van der Waals surface area (Å²) in [4.78, 5) is 31.2. The molecule has 5 N–H and O–H groups in total. The van der Waals surface area contributed by atoms with Gasteiger partial charge < -0.3 is 11.1 Å². The van der Waals surface area contributed by atoms with E-state index in [0.29, 0.717) is 16.3 Å². The van der Waals surface area contributed by atoms with E-state index in [0.717, 1.165) is 11.6 Å². The minimum atomic E-state index is -1.04. The monoisotopic (exact) mass is 577 g/mol. The Morgan fingerprint density at radius 2 is 1.93 bits per heavy atom. The van der Waals surface area contributed by atoms with E-state index in [9.17, 15) is 14.0 Å².